The molecule has 0 aliphatic rings. The van der Waals surface area contributed by atoms with Gasteiger partial charge in [0, 0.05) is 0 Å². The van der Waals surface area contributed by atoms with Gasteiger partial charge in [-0.2, -0.15) is 13.2 Å². The summed E-state index contributed by atoms with van der Waals surface area (Å²) in [4.78, 5) is 0. The molecule has 0 aliphatic heterocycles. The number of phenolic OH excluding ortho intramolecular Hbond substituents is 1. The number of alkyl halides is 3. The average Bonchev–Trinajstić information content (AvgIpc) is 2.18. The van der Waals surface area contributed by atoms with Crippen molar-refractivity contribution < 1.29 is 23.4 Å². The van der Waals surface area contributed by atoms with Crippen molar-refractivity contribution in [3.8, 4) is 5.75 Å². The second-order valence-electron chi connectivity index (χ2n) is 3.22. The van der Waals surface area contributed by atoms with Gasteiger partial charge in [0.05, 0.1) is 11.1 Å². The average molecular weight is 292 g/mol. The Morgan fingerprint density at radius 1 is 1.29 bits per heavy atom. The summed E-state index contributed by atoms with van der Waals surface area (Å²) in [7, 11) is 0. The summed E-state index contributed by atoms with van der Waals surface area (Å²) in [5.74, 6) is -0.265. The number of rotatable bonds is 2. The summed E-state index contributed by atoms with van der Waals surface area (Å²) in [6, 6.07) is 1.72. The minimum Gasteiger partial charge on any atom is -0.506 e. The van der Waals surface area contributed by atoms with Gasteiger partial charge in [-0.1, -0.05) is 17.7 Å². The Bertz CT molecular complexity index is 387. The zero-order valence-corrected chi connectivity index (χ0v) is 9.85. The van der Waals surface area contributed by atoms with Crippen LogP contribution in [0.15, 0.2) is 18.2 Å². The molecule has 0 saturated carbocycles. The number of halogens is 5. The van der Waals surface area contributed by atoms with Gasteiger partial charge in [0.15, 0.2) is 6.10 Å². The van der Waals surface area contributed by atoms with E-state index >= 15 is 0 Å². The molecular weight excluding hydrogens is 282 g/mol. The molecule has 98 valence electrons. The second-order valence-corrected chi connectivity index (χ2v) is 3.63. The zero-order valence-electron chi connectivity index (χ0n) is 8.28. The summed E-state index contributed by atoms with van der Waals surface area (Å²) >= 11 is 5.51. The van der Waals surface area contributed by atoms with Gasteiger partial charge in [0.25, 0.3) is 0 Å². The van der Waals surface area contributed by atoms with Gasteiger partial charge >= 0.3 is 6.18 Å². The van der Waals surface area contributed by atoms with Gasteiger partial charge in [-0.05, 0) is 17.7 Å². The maximum atomic E-state index is 12.2. The Kier molecular flexibility index (Phi) is 5.54. The van der Waals surface area contributed by atoms with Crippen LogP contribution in [-0.2, 0) is 0 Å². The Balaban J connectivity index is 0.00000256. The molecule has 0 saturated heterocycles. The maximum Gasteiger partial charge on any atom is 0.416 e. The molecule has 0 aliphatic carbocycles. The summed E-state index contributed by atoms with van der Waals surface area (Å²) in [5, 5.41) is 17.9. The van der Waals surface area contributed by atoms with Crippen molar-refractivity contribution in [2.75, 3.05) is 0 Å². The Labute approximate surface area is 106 Å². The molecule has 2 atom stereocenters. The predicted octanol–water partition coefficient (Wildman–Crippen LogP) is 2.39. The van der Waals surface area contributed by atoms with Gasteiger partial charge in [-0.15, -0.1) is 12.4 Å². The zero-order chi connectivity index (χ0) is 12.5. The quantitative estimate of drug-likeness (QED) is 0.784. The molecule has 4 N–H and O–H groups in total. The molecule has 1 aromatic rings. The molecule has 0 radical (unpaired) electrons. The van der Waals surface area contributed by atoms with E-state index in [1.807, 2.05) is 0 Å². The molecule has 3 nitrogen and oxygen atoms in total. The topological polar surface area (TPSA) is 66.5 Å². The number of hydrogen-bond donors (Lipinski definition) is 3. The first-order valence-corrected chi connectivity index (χ1v) is 4.60. The van der Waals surface area contributed by atoms with Crippen LogP contribution in [0.2, 0.25) is 5.02 Å². The lowest BCUT2D eigenvalue weighted by Crippen LogP contribution is -2.38. The van der Waals surface area contributed by atoms with Crippen LogP contribution in [0.3, 0.4) is 0 Å². The van der Waals surface area contributed by atoms with Crippen LogP contribution in [0.1, 0.15) is 11.6 Å². The number of aliphatic hydroxyl groups is 1. The molecule has 1 aromatic carbocycles. The third-order valence-corrected chi connectivity index (χ3v) is 2.33. The highest BCUT2D eigenvalue weighted by Gasteiger charge is 2.42. The molecular formula is C9H10Cl2F3NO2. The van der Waals surface area contributed by atoms with Crippen molar-refractivity contribution in [2.24, 2.45) is 5.73 Å². The first-order chi connectivity index (χ1) is 7.23. The van der Waals surface area contributed by atoms with Crippen LogP contribution in [-0.4, -0.2) is 22.5 Å². The van der Waals surface area contributed by atoms with Crippen molar-refractivity contribution in [3.63, 3.8) is 0 Å². The number of hydrogen-bond acceptors (Lipinski definition) is 3. The van der Waals surface area contributed by atoms with E-state index in [1.165, 1.54) is 6.07 Å². The SMILES string of the molecule is Cl.N[C@H](c1ccc(O)c(Cl)c1)[C@@H](O)C(F)(F)F. The van der Waals surface area contributed by atoms with E-state index in [0.29, 0.717) is 0 Å². The molecule has 0 amide bonds. The maximum absolute atomic E-state index is 12.2. The van der Waals surface area contributed by atoms with Crippen molar-refractivity contribution in [3.05, 3.63) is 28.8 Å². The van der Waals surface area contributed by atoms with E-state index in [9.17, 15) is 13.2 Å². The highest BCUT2D eigenvalue weighted by molar-refractivity contribution is 6.32. The van der Waals surface area contributed by atoms with Gasteiger partial charge < -0.3 is 15.9 Å². The number of benzene rings is 1. The lowest BCUT2D eigenvalue weighted by molar-refractivity contribution is -0.210. The summed E-state index contributed by atoms with van der Waals surface area (Å²) < 4.78 is 36.5. The summed E-state index contributed by atoms with van der Waals surface area (Å²) in [6.07, 6.45) is -7.47. The van der Waals surface area contributed by atoms with Crippen LogP contribution in [0, 0.1) is 0 Å². The second kappa shape index (κ2) is 5.77. The number of nitrogens with two attached hydrogens (primary N) is 1. The van der Waals surface area contributed by atoms with Crippen molar-refractivity contribution >= 4 is 24.0 Å². The fourth-order valence-corrected chi connectivity index (χ4v) is 1.31. The molecule has 17 heavy (non-hydrogen) atoms. The molecule has 8 heteroatoms. The molecule has 0 heterocycles. The van der Waals surface area contributed by atoms with E-state index in [0.717, 1.165) is 12.1 Å². The van der Waals surface area contributed by atoms with Gasteiger partial charge in [0.2, 0.25) is 0 Å². The molecule has 0 spiro atoms. The molecule has 0 aromatic heterocycles. The van der Waals surface area contributed by atoms with E-state index in [4.69, 9.17) is 27.5 Å². The van der Waals surface area contributed by atoms with Crippen molar-refractivity contribution in [1.82, 2.24) is 0 Å². The highest BCUT2D eigenvalue weighted by atomic mass is 35.5. The number of aromatic hydroxyl groups is 1. The van der Waals surface area contributed by atoms with Crippen LogP contribution < -0.4 is 5.73 Å². The Morgan fingerprint density at radius 2 is 1.82 bits per heavy atom. The fourth-order valence-electron chi connectivity index (χ4n) is 1.12. The predicted molar refractivity (Wildman–Crippen MR) is 59.4 cm³/mol. The van der Waals surface area contributed by atoms with Crippen molar-refractivity contribution in [1.29, 1.82) is 0 Å². The standard InChI is InChI=1S/C9H9ClF3NO2.ClH/c10-5-3-4(1-2-6(5)15)7(14)8(16)9(11,12)13;/h1-3,7-8,15-16H,14H2;1H/t7-,8-;/m1./s1. The number of aliphatic hydroxyl groups excluding tert-OH is 1. The van der Waals surface area contributed by atoms with Gasteiger partial charge in [-0.25, -0.2) is 0 Å². The van der Waals surface area contributed by atoms with Gasteiger partial charge in [0.1, 0.15) is 5.75 Å². The largest absolute Gasteiger partial charge is 0.506 e. The third-order valence-electron chi connectivity index (χ3n) is 2.03. The molecule has 1 rings (SSSR count). The summed E-state index contributed by atoms with van der Waals surface area (Å²) in [5.41, 5.74) is 5.23. The third kappa shape index (κ3) is 3.92. The number of phenols is 1. The highest BCUT2D eigenvalue weighted by Crippen LogP contribution is 2.31. The fraction of sp³-hybridized carbons (Fsp3) is 0.333. The van der Waals surface area contributed by atoms with Gasteiger partial charge in [-0.3, -0.25) is 0 Å². The molecule has 0 bridgehead atoms. The Hall–Kier alpha value is -0.690. The smallest absolute Gasteiger partial charge is 0.416 e. The van der Waals surface area contributed by atoms with Crippen molar-refractivity contribution in [2.45, 2.75) is 18.3 Å². The van der Waals surface area contributed by atoms with Crippen LogP contribution in [0.25, 0.3) is 0 Å². The molecule has 0 fully saturated rings. The van der Waals surface area contributed by atoms with Crippen LogP contribution >= 0.6 is 24.0 Å². The van der Waals surface area contributed by atoms with Crippen LogP contribution in [0.5, 0.6) is 5.75 Å². The lowest BCUT2D eigenvalue weighted by Gasteiger charge is -2.21. The Morgan fingerprint density at radius 3 is 2.24 bits per heavy atom. The first-order valence-electron chi connectivity index (χ1n) is 4.22. The minimum absolute atomic E-state index is 0. The van der Waals surface area contributed by atoms with Crippen LogP contribution in [0.4, 0.5) is 13.2 Å². The monoisotopic (exact) mass is 291 g/mol. The lowest BCUT2D eigenvalue weighted by atomic mass is 10.0. The minimum atomic E-state index is -4.80. The first kappa shape index (κ1) is 16.3. The van der Waals surface area contributed by atoms with E-state index < -0.39 is 18.3 Å². The summed E-state index contributed by atoms with van der Waals surface area (Å²) in [6.45, 7) is 0. The normalized spacial score (nSPS) is 14.9. The molecule has 0 unspecified atom stereocenters. The van der Waals surface area contributed by atoms with E-state index in [2.05, 4.69) is 0 Å². The van der Waals surface area contributed by atoms with E-state index in [-0.39, 0.29) is 28.7 Å². The van der Waals surface area contributed by atoms with E-state index in [1.54, 1.807) is 0 Å².